The zero-order valence-electron chi connectivity index (χ0n) is 13.1. The average Bonchev–Trinajstić information content (AvgIpc) is 2.51. The van der Waals surface area contributed by atoms with E-state index in [0.29, 0.717) is 23.8 Å². The van der Waals surface area contributed by atoms with Gasteiger partial charge in [0.15, 0.2) is 5.75 Å². The molecule has 0 aromatic heterocycles. The molecule has 2 rings (SSSR count). The van der Waals surface area contributed by atoms with E-state index in [9.17, 15) is 4.79 Å². The Hall–Kier alpha value is -2.49. The maximum Gasteiger partial charge on any atom is 0.227 e. The van der Waals surface area contributed by atoms with Crippen LogP contribution in [0.1, 0.15) is 20.8 Å². The molecule has 2 aromatic rings. The molecule has 116 valence electrons. The Morgan fingerprint density at radius 2 is 1.68 bits per heavy atom. The first-order valence-electron chi connectivity index (χ1n) is 7.40. The highest BCUT2D eigenvalue weighted by molar-refractivity contribution is 5.93. The van der Waals surface area contributed by atoms with Gasteiger partial charge in [0.25, 0.3) is 0 Å². The summed E-state index contributed by atoms with van der Waals surface area (Å²) in [5, 5.41) is 2.87. The molecular weight excluding hydrogens is 278 g/mol. The lowest BCUT2D eigenvalue weighted by molar-refractivity contribution is -0.118. The first kappa shape index (κ1) is 15.9. The molecule has 0 saturated heterocycles. The lowest BCUT2D eigenvalue weighted by atomic mass is 10.2. The number of hydrogen-bond acceptors (Lipinski definition) is 3. The van der Waals surface area contributed by atoms with Crippen LogP contribution in [0.5, 0.6) is 17.2 Å². The molecule has 0 unspecified atom stereocenters. The minimum absolute atomic E-state index is 0.0391. The van der Waals surface area contributed by atoms with Gasteiger partial charge in [-0.3, -0.25) is 4.79 Å². The number of nitrogens with one attached hydrogen (secondary N) is 1. The second kappa shape index (κ2) is 7.50. The van der Waals surface area contributed by atoms with Crippen molar-refractivity contribution in [3.8, 4) is 17.2 Å². The summed E-state index contributed by atoms with van der Waals surface area (Å²) in [6, 6.07) is 14.8. The van der Waals surface area contributed by atoms with Crippen LogP contribution in [0.3, 0.4) is 0 Å². The summed E-state index contributed by atoms with van der Waals surface area (Å²) in [5.74, 6) is 1.98. The van der Waals surface area contributed by atoms with E-state index in [-0.39, 0.29) is 11.8 Å². The van der Waals surface area contributed by atoms with Gasteiger partial charge in [-0.1, -0.05) is 26.0 Å². The number of carbonyl (C=O) groups excluding carboxylic acids is 1. The van der Waals surface area contributed by atoms with Crippen molar-refractivity contribution in [1.29, 1.82) is 0 Å². The van der Waals surface area contributed by atoms with Gasteiger partial charge in [0, 0.05) is 5.92 Å². The fourth-order valence-electron chi connectivity index (χ4n) is 1.83. The number of amides is 1. The normalized spacial score (nSPS) is 10.4. The Balaban J connectivity index is 2.13. The van der Waals surface area contributed by atoms with Crippen LogP contribution in [0.25, 0.3) is 0 Å². The minimum atomic E-state index is -0.0847. The SMILES string of the molecule is CCOc1ccc(Oc2ccccc2NC(=O)C(C)C)cc1. The Labute approximate surface area is 131 Å². The second-order valence-electron chi connectivity index (χ2n) is 5.15. The van der Waals surface area contributed by atoms with Gasteiger partial charge >= 0.3 is 0 Å². The standard InChI is InChI=1S/C18H21NO3/c1-4-21-14-9-11-15(12-10-14)22-17-8-6-5-7-16(17)19-18(20)13(2)3/h5-13H,4H2,1-3H3,(H,19,20). The van der Waals surface area contributed by atoms with Crippen LogP contribution in [0, 0.1) is 5.92 Å². The third-order valence-electron chi connectivity index (χ3n) is 3.03. The van der Waals surface area contributed by atoms with Crippen LogP contribution < -0.4 is 14.8 Å². The van der Waals surface area contributed by atoms with Crippen molar-refractivity contribution >= 4 is 11.6 Å². The third kappa shape index (κ3) is 4.25. The molecule has 1 amide bonds. The molecule has 0 radical (unpaired) electrons. The van der Waals surface area contributed by atoms with Crippen LogP contribution in [-0.2, 0) is 4.79 Å². The topological polar surface area (TPSA) is 47.6 Å². The van der Waals surface area contributed by atoms with Crippen LogP contribution in [-0.4, -0.2) is 12.5 Å². The van der Waals surface area contributed by atoms with Gasteiger partial charge in [-0.15, -0.1) is 0 Å². The largest absolute Gasteiger partial charge is 0.494 e. The molecule has 2 aromatic carbocycles. The van der Waals surface area contributed by atoms with E-state index in [1.165, 1.54) is 0 Å². The van der Waals surface area contributed by atoms with E-state index in [1.807, 2.05) is 69.3 Å². The molecule has 0 aliphatic heterocycles. The van der Waals surface area contributed by atoms with Gasteiger partial charge in [0.1, 0.15) is 11.5 Å². The number of anilines is 1. The number of ether oxygens (including phenoxy) is 2. The Morgan fingerprint density at radius 1 is 1.05 bits per heavy atom. The van der Waals surface area contributed by atoms with E-state index in [4.69, 9.17) is 9.47 Å². The maximum atomic E-state index is 11.9. The molecule has 0 saturated carbocycles. The fraction of sp³-hybridized carbons (Fsp3) is 0.278. The minimum Gasteiger partial charge on any atom is -0.494 e. The van der Waals surface area contributed by atoms with Gasteiger partial charge in [0.2, 0.25) is 5.91 Å². The highest BCUT2D eigenvalue weighted by Gasteiger charge is 2.11. The van der Waals surface area contributed by atoms with Gasteiger partial charge in [-0.25, -0.2) is 0 Å². The maximum absolute atomic E-state index is 11.9. The first-order chi connectivity index (χ1) is 10.6. The lowest BCUT2D eigenvalue weighted by Crippen LogP contribution is -2.18. The Bertz CT molecular complexity index is 620. The quantitative estimate of drug-likeness (QED) is 0.856. The van der Waals surface area contributed by atoms with E-state index in [2.05, 4.69) is 5.32 Å². The van der Waals surface area contributed by atoms with Crippen LogP contribution in [0.2, 0.25) is 0 Å². The fourth-order valence-corrected chi connectivity index (χ4v) is 1.83. The number of hydrogen-bond donors (Lipinski definition) is 1. The van der Waals surface area contributed by atoms with Crippen LogP contribution in [0.4, 0.5) is 5.69 Å². The molecule has 1 N–H and O–H groups in total. The van der Waals surface area contributed by atoms with E-state index in [1.54, 1.807) is 0 Å². The predicted octanol–water partition coefficient (Wildman–Crippen LogP) is 4.47. The van der Waals surface area contributed by atoms with E-state index >= 15 is 0 Å². The molecular formula is C18H21NO3. The summed E-state index contributed by atoms with van der Waals surface area (Å²) in [7, 11) is 0. The summed E-state index contributed by atoms with van der Waals surface area (Å²) in [6.07, 6.45) is 0. The first-order valence-corrected chi connectivity index (χ1v) is 7.40. The monoisotopic (exact) mass is 299 g/mol. The van der Waals surface area contributed by atoms with Gasteiger partial charge in [-0.05, 0) is 43.3 Å². The molecule has 0 aliphatic carbocycles. The number of benzene rings is 2. The summed E-state index contributed by atoms with van der Waals surface area (Å²) in [5.41, 5.74) is 0.662. The number of para-hydroxylation sites is 2. The van der Waals surface area contributed by atoms with E-state index in [0.717, 1.165) is 5.75 Å². The molecule has 0 spiro atoms. The van der Waals surface area contributed by atoms with Crippen LogP contribution in [0.15, 0.2) is 48.5 Å². The molecule has 0 aliphatic rings. The molecule has 0 heterocycles. The summed E-state index contributed by atoms with van der Waals surface area (Å²) in [4.78, 5) is 11.9. The highest BCUT2D eigenvalue weighted by Crippen LogP contribution is 2.30. The van der Waals surface area contributed by atoms with Crippen molar-refractivity contribution < 1.29 is 14.3 Å². The smallest absolute Gasteiger partial charge is 0.227 e. The van der Waals surface area contributed by atoms with Crippen LogP contribution >= 0.6 is 0 Å². The molecule has 22 heavy (non-hydrogen) atoms. The molecule has 4 heteroatoms. The van der Waals surface area contributed by atoms with Gasteiger partial charge in [0.05, 0.1) is 12.3 Å². The van der Waals surface area contributed by atoms with Crippen molar-refractivity contribution in [3.05, 3.63) is 48.5 Å². The molecule has 4 nitrogen and oxygen atoms in total. The number of carbonyl (C=O) groups is 1. The second-order valence-corrected chi connectivity index (χ2v) is 5.15. The molecule has 0 atom stereocenters. The summed E-state index contributed by atoms with van der Waals surface area (Å²) < 4.78 is 11.3. The summed E-state index contributed by atoms with van der Waals surface area (Å²) >= 11 is 0. The van der Waals surface area contributed by atoms with E-state index < -0.39 is 0 Å². The van der Waals surface area contributed by atoms with Crippen molar-refractivity contribution in [1.82, 2.24) is 0 Å². The Morgan fingerprint density at radius 3 is 2.32 bits per heavy atom. The Kier molecular flexibility index (Phi) is 5.42. The van der Waals surface area contributed by atoms with Crippen molar-refractivity contribution in [3.63, 3.8) is 0 Å². The van der Waals surface area contributed by atoms with Gasteiger partial charge in [-0.2, -0.15) is 0 Å². The molecule has 0 bridgehead atoms. The average molecular weight is 299 g/mol. The molecule has 0 fully saturated rings. The van der Waals surface area contributed by atoms with Crippen molar-refractivity contribution in [2.45, 2.75) is 20.8 Å². The zero-order valence-corrected chi connectivity index (χ0v) is 13.1. The third-order valence-corrected chi connectivity index (χ3v) is 3.03. The number of rotatable bonds is 6. The van der Waals surface area contributed by atoms with Gasteiger partial charge < -0.3 is 14.8 Å². The predicted molar refractivity (Wildman–Crippen MR) is 87.6 cm³/mol. The lowest BCUT2D eigenvalue weighted by Gasteiger charge is -2.13. The zero-order chi connectivity index (χ0) is 15.9. The van der Waals surface area contributed by atoms with Crippen molar-refractivity contribution in [2.75, 3.05) is 11.9 Å². The van der Waals surface area contributed by atoms with Crippen molar-refractivity contribution in [2.24, 2.45) is 5.92 Å². The highest BCUT2D eigenvalue weighted by atomic mass is 16.5. The summed E-state index contributed by atoms with van der Waals surface area (Å²) in [6.45, 7) is 6.28.